The molecule has 0 aromatic heterocycles. The first-order chi connectivity index (χ1) is 8.08. The number of methoxy groups -OCH3 is 1. The molecule has 0 fully saturated rings. The molecule has 1 atom stereocenters. The number of ether oxygens (including phenoxy) is 1. The lowest BCUT2D eigenvalue weighted by Crippen LogP contribution is -2.33. The summed E-state index contributed by atoms with van der Waals surface area (Å²) in [6, 6.07) is 4.31. The third-order valence-corrected chi connectivity index (χ3v) is 2.39. The first kappa shape index (κ1) is 13.5. The Hall–Kier alpha value is -1.59. The van der Waals surface area contributed by atoms with E-state index in [4.69, 9.17) is 9.84 Å². The van der Waals surface area contributed by atoms with E-state index in [1.54, 1.807) is 6.92 Å². The Labute approximate surface area is 100 Å². The number of nitrogens with one attached hydrogen (secondary N) is 1. The van der Waals surface area contributed by atoms with Gasteiger partial charge in [0.2, 0.25) is 0 Å². The number of aromatic hydroxyl groups is 1. The van der Waals surface area contributed by atoms with Crippen LogP contribution >= 0.6 is 0 Å². The van der Waals surface area contributed by atoms with Gasteiger partial charge in [-0.2, -0.15) is 0 Å². The third kappa shape index (κ3) is 3.72. The van der Waals surface area contributed by atoms with E-state index in [0.29, 0.717) is 5.56 Å². The molecule has 1 aromatic rings. The van der Waals surface area contributed by atoms with E-state index < -0.39 is 0 Å². The van der Waals surface area contributed by atoms with Crippen molar-refractivity contribution in [1.29, 1.82) is 0 Å². The number of carbonyl (C=O) groups excluding carboxylic acids is 1. The van der Waals surface area contributed by atoms with Crippen LogP contribution < -0.4 is 10.1 Å². The van der Waals surface area contributed by atoms with E-state index in [1.165, 1.54) is 25.3 Å². The van der Waals surface area contributed by atoms with Crippen molar-refractivity contribution >= 4 is 5.78 Å². The topological polar surface area (TPSA) is 78.8 Å². The van der Waals surface area contributed by atoms with Crippen molar-refractivity contribution in [3.8, 4) is 11.5 Å². The van der Waals surface area contributed by atoms with Gasteiger partial charge in [-0.1, -0.05) is 0 Å². The molecule has 0 aliphatic carbocycles. The Morgan fingerprint density at radius 2 is 2.24 bits per heavy atom. The van der Waals surface area contributed by atoms with Crippen molar-refractivity contribution in [2.75, 3.05) is 20.3 Å². The van der Waals surface area contributed by atoms with Gasteiger partial charge in [0, 0.05) is 11.6 Å². The minimum absolute atomic E-state index is 0.000681. The zero-order valence-corrected chi connectivity index (χ0v) is 9.93. The molecule has 0 saturated carbocycles. The van der Waals surface area contributed by atoms with Gasteiger partial charge >= 0.3 is 0 Å². The molecular weight excluding hydrogens is 222 g/mol. The van der Waals surface area contributed by atoms with Crippen molar-refractivity contribution < 1.29 is 19.7 Å². The summed E-state index contributed by atoms with van der Waals surface area (Å²) in [5, 5.41) is 21.1. The largest absolute Gasteiger partial charge is 0.504 e. The van der Waals surface area contributed by atoms with Crippen LogP contribution in [0.4, 0.5) is 0 Å². The van der Waals surface area contributed by atoms with Crippen LogP contribution in [0.25, 0.3) is 0 Å². The summed E-state index contributed by atoms with van der Waals surface area (Å²) < 4.78 is 4.92. The van der Waals surface area contributed by atoms with Crippen molar-refractivity contribution in [3.63, 3.8) is 0 Å². The quantitative estimate of drug-likeness (QED) is 0.632. The molecule has 17 heavy (non-hydrogen) atoms. The number of phenolic OH excluding ortho intramolecular Hbond substituents is 1. The number of Topliss-reactive ketones (excluding diaryl/α,β-unsaturated/α-hetero) is 1. The van der Waals surface area contributed by atoms with Crippen LogP contribution in [-0.4, -0.2) is 42.3 Å². The summed E-state index contributed by atoms with van der Waals surface area (Å²) in [4.78, 5) is 11.8. The summed E-state index contributed by atoms with van der Waals surface area (Å²) in [7, 11) is 1.43. The lowest BCUT2D eigenvalue weighted by Gasteiger charge is -2.10. The van der Waals surface area contributed by atoms with E-state index in [2.05, 4.69) is 5.32 Å². The number of hydrogen-bond acceptors (Lipinski definition) is 5. The molecule has 0 radical (unpaired) electrons. The van der Waals surface area contributed by atoms with Crippen molar-refractivity contribution in [2.45, 2.75) is 13.0 Å². The summed E-state index contributed by atoms with van der Waals surface area (Å²) in [6.45, 7) is 1.90. The number of rotatable bonds is 6. The maximum atomic E-state index is 11.8. The van der Waals surface area contributed by atoms with E-state index >= 15 is 0 Å². The predicted octanol–water partition coefficient (Wildman–Crippen LogP) is 0.554. The van der Waals surface area contributed by atoms with Gasteiger partial charge in [0.25, 0.3) is 0 Å². The smallest absolute Gasteiger partial charge is 0.176 e. The summed E-state index contributed by atoms with van der Waals surface area (Å²) in [6.07, 6.45) is 0. The fourth-order valence-corrected chi connectivity index (χ4v) is 1.28. The van der Waals surface area contributed by atoms with Crippen LogP contribution in [-0.2, 0) is 0 Å². The highest BCUT2D eigenvalue weighted by molar-refractivity contribution is 5.98. The Morgan fingerprint density at radius 1 is 1.53 bits per heavy atom. The van der Waals surface area contributed by atoms with Gasteiger partial charge in [-0.05, 0) is 25.1 Å². The highest BCUT2D eigenvalue weighted by Crippen LogP contribution is 2.26. The Kier molecular flexibility index (Phi) is 4.93. The lowest BCUT2D eigenvalue weighted by molar-refractivity contribution is 0.0983. The third-order valence-electron chi connectivity index (χ3n) is 2.39. The van der Waals surface area contributed by atoms with Crippen molar-refractivity contribution in [1.82, 2.24) is 5.32 Å². The molecule has 1 unspecified atom stereocenters. The maximum Gasteiger partial charge on any atom is 0.176 e. The van der Waals surface area contributed by atoms with Gasteiger partial charge in [0.15, 0.2) is 17.3 Å². The SMILES string of the molecule is COc1cc(C(=O)CNC(C)CO)ccc1O. The average Bonchev–Trinajstić information content (AvgIpc) is 2.35. The van der Waals surface area contributed by atoms with Gasteiger partial charge in [-0.3, -0.25) is 4.79 Å². The molecule has 94 valence electrons. The zero-order valence-electron chi connectivity index (χ0n) is 9.93. The second-order valence-electron chi connectivity index (χ2n) is 3.77. The fourth-order valence-electron chi connectivity index (χ4n) is 1.28. The molecule has 1 rings (SSSR count). The number of aliphatic hydroxyl groups is 1. The molecule has 0 amide bonds. The Bertz CT molecular complexity index is 392. The predicted molar refractivity (Wildman–Crippen MR) is 63.5 cm³/mol. The zero-order chi connectivity index (χ0) is 12.8. The van der Waals surface area contributed by atoms with Gasteiger partial charge in [0.1, 0.15) is 0 Å². The van der Waals surface area contributed by atoms with Crippen LogP contribution in [0, 0.1) is 0 Å². The molecule has 0 aliphatic heterocycles. The summed E-state index contributed by atoms with van der Waals surface area (Å²) in [5.41, 5.74) is 0.456. The molecule has 0 heterocycles. The molecule has 3 N–H and O–H groups in total. The standard InChI is InChI=1S/C12H17NO4/c1-8(7-14)13-6-11(16)9-3-4-10(15)12(5-9)17-2/h3-5,8,13-15H,6-7H2,1-2H3. The van der Waals surface area contributed by atoms with Gasteiger partial charge in [0.05, 0.1) is 20.3 Å². The fraction of sp³-hybridized carbons (Fsp3) is 0.417. The number of ketones is 1. The molecule has 0 saturated heterocycles. The van der Waals surface area contributed by atoms with Gasteiger partial charge in [-0.25, -0.2) is 0 Å². The van der Waals surface area contributed by atoms with Gasteiger partial charge in [-0.15, -0.1) is 0 Å². The van der Waals surface area contributed by atoms with Crippen LogP contribution in [0.1, 0.15) is 17.3 Å². The number of carbonyl (C=O) groups is 1. The number of benzene rings is 1. The molecule has 5 nitrogen and oxygen atoms in total. The van der Waals surface area contributed by atoms with Crippen LogP contribution in [0.15, 0.2) is 18.2 Å². The Balaban J connectivity index is 2.69. The van der Waals surface area contributed by atoms with Crippen LogP contribution in [0.2, 0.25) is 0 Å². The Morgan fingerprint density at radius 3 is 2.82 bits per heavy atom. The first-order valence-corrected chi connectivity index (χ1v) is 5.33. The van der Waals surface area contributed by atoms with E-state index in [9.17, 15) is 9.90 Å². The molecule has 5 heteroatoms. The monoisotopic (exact) mass is 239 g/mol. The van der Waals surface area contributed by atoms with E-state index in [-0.39, 0.29) is 36.5 Å². The van der Waals surface area contributed by atoms with Crippen molar-refractivity contribution in [3.05, 3.63) is 23.8 Å². The minimum Gasteiger partial charge on any atom is -0.504 e. The second-order valence-corrected chi connectivity index (χ2v) is 3.77. The first-order valence-electron chi connectivity index (χ1n) is 5.33. The molecular formula is C12H17NO4. The normalized spacial score (nSPS) is 12.2. The minimum atomic E-state index is -0.127. The summed E-state index contributed by atoms with van der Waals surface area (Å²) in [5.74, 6) is 0.149. The van der Waals surface area contributed by atoms with Crippen LogP contribution in [0.5, 0.6) is 11.5 Å². The number of aliphatic hydroxyl groups excluding tert-OH is 1. The maximum absolute atomic E-state index is 11.8. The van der Waals surface area contributed by atoms with E-state index in [1.807, 2.05) is 0 Å². The van der Waals surface area contributed by atoms with Gasteiger partial charge < -0.3 is 20.3 Å². The lowest BCUT2D eigenvalue weighted by atomic mass is 10.1. The molecule has 0 aliphatic rings. The summed E-state index contributed by atoms with van der Waals surface area (Å²) >= 11 is 0. The molecule has 0 spiro atoms. The van der Waals surface area contributed by atoms with E-state index in [0.717, 1.165) is 0 Å². The highest BCUT2D eigenvalue weighted by atomic mass is 16.5. The number of hydrogen-bond donors (Lipinski definition) is 3. The average molecular weight is 239 g/mol. The second kappa shape index (κ2) is 6.22. The highest BCUT2D eigenvalue weighted by Gasteiger charge is 2.10. The molecule has 1 aromatic carbocycles. The van der Waals surface area contributed by atoms with Crippen molar-refractivity contribution in [2.24, 2.45) is 0 Å². The van der Waals surface area contributed by atoms with Crippen LogP contribution in [0.3, 0.4) is 0 Å². The number of phenols is 1. The molecule has 0 bridgehead atoms.